The Bertz CT molecular complexity index is 407. The number of rotatable bonds is 19. The number of aliphatic hydroxyl groups is 2. The zero-order valence-corrected chi connectivity index (χ0v) is 18.5. The van der Waals surface area contributed by atoms with Crippen LogP contribution in [0.2, 0.25) is 0 Å². The molecule has 0 bridgehead atoms. The molecule has 0 aromatic carbocycles. The fraction of sp³-hybridized carbons (Fsp3) is 0.792. The first-order valence-electron chi connectivity index (χ1n) is 11.5. The van der Waals surface area contributed by atoms with Gasteiger partial charge >= 0.3 is 0 Å². The Hall–Kier alpha value is -1.13. The summed E-state index contributed by atoms with van der Waals surface area (Å²) in [5.41, 5.74) is 0. The second-order valence-electron chi connectivity index (χ2n) is 7.61. The van der Waals surface area contributed by atoms with Crippen LogP contribution in [0, 0.1) is 0 Å². The normalized spacial score (nSPS) is 12.9. The summed E-state index contributed by atoms with van der Waals surface area (Å²) < 4.78 is 0. The Morgan fingerprint density at radius 1 is 0.857 bits per heavy atom. The minimum atomic E-state index is -0.833. The van der Waals surface area contributed by atoms with E-state index in [-0.39, 0.29) is 19.1 Å². The van der Waals surface area contributed by atoms with Gasteiger partial charge in [0.2, 0.25) is 5.91 Å². The van der Waals surface area contributed by atoms with Crippen LogP contribution in [0.3, 0.4) is 0 Å². The molecule has 0 aromatic rings. The van der Waals surface area contributed by atoms with E-state index < -0.39 is 6.10 Å². The molecule has 0 heterocycles. The molecule has 28 heavy (non-hydrogen) atoms. The topological polar surface area (TPSA) is 60.8 Å². The highest BCUT2D eigenvalue weighted by atomic mass is 16.3. The van der Waals surface area contributed by atoms with Gasteiger partial charge in [-0.3, -0.25) is 4.79 Å². The largest absolute Gasteiger partial charge is 0.394 e. The highest BCUT2D eigenvalue weighted by Gasteiger charge is 2.15. The predicted molar refractivity (Wildman–Crippen MR) is 119 cm³/mol. The first-order chi connectivity index (χ1) is 13.7. The molecule has 4 heteroatoms. The number of allylic oxidation sites excluding steroid dienone is 4. The SMILES string of the molecule is CCCCC/C=C/C/C=C/CCCCCCCCN(CC(O)CO)C(=O)CC. The van der Waals surface area contributed by atoms with Gasteiger partial charge in [0, 0.05) is 19.5 Å². The van der Waals surface area contributed by atoms with Gasteiger partial charge in [0.1, 0.15) is 0 Å². The van der Waals surface area contributed by atoms with Crippen LogP contribution in [-0.2, 0) is 4.79 Å². The summed E-state index contributed by atoms with van der Waals surface area (Å²) in [6, 6.07) is 0. The molecular formula is C24H45NO3. The van der Waals surface area contributed by atoms with Gasteiger partial charge in [-0.25, -0.2) is 0 Å². The Labute approximate surface area is 173 Å². The monoisotopic (exact) mass is 395 g/mol. The summed E-state index contributed by atoms with van der Waals surface area (Å²) in [7, 11) is 0. The highest BCUT2D eigenvalue weighted by molar-refractivity contribution is 5.75. The van der Waals surface area contributed by atoms with E-state index in [4.69, 9.17) is 5.11 Å². The first kappa shape index (κ1) is 26.9. The Kier molecular flexibility index (Phi) is 19.8. The lowest BCUT2D eigenvalue weighted by Gasteiger charge is -2.24. The molecule has 0 aliphatic heterocycles. The van der Waals surface area contributed by atoms with E-state index in [9.17, 15) is 9.90 Å². The smallest absolute Gasteiger partial charge is 0.222 e. The fourth-order valence-electron chi connectivity index (χ4n) is 3.14. The molecule has 1 unspecified atom stereocenters. The van der Waals surface area contributed by atoms with Crippen molar-refractivity contribution in [3.05, 3.63) is 24.3 Å². The van der Waals surface area contributed by atoms with Gasteiger partial charge in [0.15, 0.2) is 0 Å². The third-order valence-corrected chi connectivity index (χ3v) is 4.93. The summed E-state index contributed by atoms with van der Waals surface area (Å²) >= 11 is 0. The van der Waals surface area contributed by atoms with Crippen LogP contribution in [-0.4, -0.2) is 46.8 Å². The number of nitrogens with zero attached hydrogens (tertiary/aromatic N) is 1. The molecule has 4 nitrogen and oxygen atoms in total. The number of hydrogen-bond donors (Lipinski definition) is 2. The molecule has 0 aliphatic rings. The lowest BCUT2D eigenvalue weighted by molar-refractivity contribution is -0.132. The molecule has 0 saturated carbocycles. The standard InChI is InChI=1S/C24H45NO3/c1-3-5-6-7-8-9-10-11-12-13-14-15-16-17-18-19-20-25(24(28)4-2)21-23(27)22-26/h8-9,11-12,23,26-27H,3-7,10,13-22H2,1-2H3/b9-8+,12-11+. The molecule has 0 aromatic heterocycles. The number of unbranched alkanes of at least 4 members (excludes halogenated alkanes) is 9. The predicted octanol–water partition coefficient (Wildman–Crippen LogP) is 5.39. The molecule has 0 fully saturated rings. The summed E-state index contributed by atoms with van der Waals surface area (Å²) in [4.78, 5) is 13.6. The quantitative estimate of drug-likeness (QED) is 0.228. The van der Waals surface area contributed by atoms with E-state index in [2.05, 4.69) is 31.2 Å². The maximum absolute atomic E-state index is 11.9. The molecule has 0 radical (unpaired) electrons. The van der Waals surface area contributed by atoms with Gasteiger partial charge in [0.05, 0.1) is 12.7 Å². The molecule has 0 spiro atoms. The third kappa shape index (κ3) is 17.0. The lowest BCUT2D eigenvalue weighted by atomic mass is 10.1. The second-order valence-corrected chi connectivity index (χ2v) is 7.61. The van der Waals surface area contributed by atoms with E-state index in [1.165, 1.54) is 57.8 Å². The van der Waals surface area contributed by atoms with Gasteiger partial charge in [-0.2, -0.15) is 0 Å². The first-order valence-corrected chi connectivity index (χ1v) is 11.5. The van der Waals surface area contributed by atoms with Crippen molar-refractivity contribution in [2.75, 3.05) is 19.7 Å². The molecule has 164 valence electrons. The van der Waals surface area contributed by atoms with Crippen molar-refractivity contribution < 1.29 is 15.0 Å². The van der Waals surface area contributed by atoms with E-state index >= 15 is 0 Å². The zero-order chi connectivity index (χ0) is 20.9. The van der Waals surface area contributed by atoms with Crippen LogP contribution in [0.1, 0.15) is 97.3 Å². The van der Waals surface area contributed by atoms with Gasteiger partial charge in [-0.1, -0.05) is 76.7 Å². The molecule has 1 atom stereocenters. The van der Waals surface area contributed by atoms with Gasteiger partial charge in [0.25, 0.3) is 0 Å². The maximum atomic E-state index is 11.9. The lowest BCUT2D eigenvalue weighted by Crippen LogP contribution is -2.39. The van der Waals surface area contributed by atoms with E-state index in [0.717, 1.165) is 19.3 Å². The number of hydrogen-bond acceptors (Lipinski definition) is 3. The van der Waals surface area contributed by atoms with Crippen molar-refractivity contribution >= 4 is 5.91 Å². The summed E-state index contributed by atoms with van der Waals surface area (Å²) in [5.74, 6) is 0.0510. The minimum Gasteiger partial charge on any atom is -0.394 e. The second kappa shape index (κ2) is 20.6. The van der Waals surface area contributed by atoms with Gasteiger partial charge in [-0.05, 0) is 38.5 Å². The number of carbonyl (C=O) groups excluding carboxylic acids is 1. The summed E-state index contributed by atoms with van der Waals surface area (Å²) in [6.45, 7) is 4.70. The average molecular weight is 396 g/mol. The Morgan fingerprint density at radius 3 is 2.00 bits per heavy atom. The summed E-state index contributed by atoms with van der Waals surface area (Å²) in [6.07, 6.45) is 23.2. The molecule has 1 amide bonds. The Morgan fingerprint density at radius 2 is 1.43 bits per heavy atom. The van der Waals surface area contributed by atoms with Crippen LogP contribution in [0.4, 0.5) is 0 Å². The minimum absolute atomic E-state index is 0.0510. The fourth-order valence-corrected chi connectivity index (χ4v) is 3.14. The van der Waals surface area contributed by atoms with Crippen LogP contribution in [0.5, 0.6) is 0 Å². The van der Waals surface area contributed by atoms with E-state index in [1.54, 1.807) is 4.90 Å². The van der Waals surface area contributed by atoms with Crippen LogP contribution >= 0.6 is 0 Å². The number of amides is 1. The number of aliphatic hydroxyl groups excluding tert-OH is 2. The van der Waals surface area contributed by atoms with Crippen LogP contribution in [0.15, 0.2) is 24.3 Å². The molecule has 0 saturated heterocycles. The Balaban J connectivity index is 3.57. The van der Waals surface area contributed by atoms with Crippen molar-refractivity contribution in [2.45, 2.75) is 103 Å². The van der Waals surface area contributed by atoms with Crippen molar-refractivity contribution in [3.63, 3.8) is 0 Å². The maximum Gasteiger partial charge on any atom is 0.222 e. The van der Waals surface area contributed by atoms with Gasteiger partial charge < -0.3 is 15.1 Å². The molecule has 0 rings (SSSR count). The van der Waals surface area contributed by atoms with Crippen molar-refractivity contribution in [1.29, 1.82) is 0 Å². The van der Waals surface area contributed by atoms with E-state index in [0.29, 0.717) is 13.0 Å². The zero-order valence-electron chi connectivity index (χ0n) is 18.5. The average Bonchev–Trinajstić information content (AvgIpc) is 2.71. The van der Waals surface area contributed by atoms with Crippen molar-refractivity contribution in [1.82, 2.24) is 4.90 Å². The highest BCUT2D eigenvalue weighted by Crippen LogP contribution is 2.09. The molecular weight excluding hydrogens is 350 g/mol. The van der Waals surface area contributed by atoms with Crippen molar-refractivity contribution in [3.8, 4) is 0 Å². The molecule has 0 aliphatic carbocycles. The number of carbonyl (C=O) groups is 1. The van der Waals surface area contributed by atoms with Crippen LogP contribution in [0.25, 0.3) is 0 Å². The van der Waals surface area contributed by atoms with Crippen molar-refractivity contribution in [2.24, 2.45) is 0 Å². The molecule has 2 N–H and O–H groups in total. The third-order valence-electron chi connectivity index (χ3n) is 4.93. The van der Waals surface area contributed by atoms with Crippen LogP contribution < -0.4 is 0 Å². The van der Waals surface area contributed by atoms with Gasteiger partial charge in [-0.15, -0.1) is 0 Å². The van der Waals surface area contributed by atoms with E-state index in [1.807, 2.05) is 6.92 Å². The summed E-state index contributed by atoms with van der Waals surface area (Å²) in [5, 5.41) is 18.5.